The van der Waals surface area contributed by atoms with Gasteiger partial charge in [0.15, 0.2) is 0 Å². The Bertz CT molecular complexity index is 624. The number of rotatable bonds is 10. The van der Waals surface area contributed by atoms with Gasteiger partial charge in [0, 0.05) is 0 Å². The molecule has 0 radical (unpaired) electrons. The average molecular weight is 367 g/mol. The largest absolute Gasteiger partial charge is 0.369 e. The summed E-state index contributed by atoms with van der Waals surface area (Å²) in [5, 5.41) is 0. The number of hydrogen-bond donors (Lipinski definition) is 0. The summed E-state index contributed by atoms with van der Waals surface area (Å²) in [6.07, 6.45) is 6.35. The van der Waals surface area contributed by atoms with Crippen molar-refractivity contribution < 1.29 is 4.74 Å². The smallest absolute Gasteiger partial charge is 0.0662 e. The third-order valence-electron chi connectivity index (χ3n) is 6.11. The molecule has 0 aliphatic rings. The number of ether oxygens (including phenoxy) is 1. The molecule has 0 saturated heterocycles. The highest BCUT2D eigenvalue weighted by molar-refractivity contribution is 5.22. The van der Waals surface area contributed by atoms with Crippen molar-refractivity contribution in [3.8, 4) is 0 Å². The maximum absolute atomic E-state index is 6.81. The van der Waals surface area contributed by atoms with Gasteiger partial charge < -0.3 is 4.74 Å². The van der Waals surface area contributed by atoms with Crippen LogP contribution in [0, 0.1) is 13.8 Å². The van der Waals surface area contributed by atoms with Crippen molar-refractivity contribution in [3.05, 3.63) is 70.8 Å². The van der Waals surface area contributed by atoms with Gasteiger partial charge in [-0.1, -0.05) is 73.5 Å². The number of benzene rings is 2. The first kappa shape index (κ1) is 21.7. The van der Waals surface area contributed by atoms with Crippen LogP contribution in [0.3, 0.4) is 0 Å². The maximum atomic E-state index is 6.81. The Labute approximate surface area is 167 Å². The molecule has 0 heterocycles. The molecule has 0 amide bonds. The third kappa shape index (κ3) is 6.81. The van der Waals surface area contributed by atoms with Crippen LogP contribution < -0.4 is 0 Å². The fourth-order valence-electron chi connectivity index (χ4n) is 3.52. The zero-order valence-corrected chi connectivity index (χ0v) is 18.3. The monoisotopic (exact) mass is 366 g/mol. The van der Waals surface area contributed by atoms with Crippen LogP contribution in [0.5, 0.6) is 0 Å². The van der Waals surface area contributed by atoms with Gasteiger partial charge in [0.25, 0.3) is 0 Å². The Balaban J connectivity index is 1.98. The lowest BCUT2D eigenvalue weighted by Crippen LogP contribution is -2.41. The molecule has 0 aliphatic carbocycles. The summed E-state index contributed by atoms with van der Waals surface area (Å²) in [7, 11) is 0. The standard InChI is InChI=1S/C26H38O/c1-7-25(5,19-17-23-13-9-21(3)10-14-23)27-26(6,8-2)20-18-24-15-11-22(4)12-16-24/h9-16H,7-8,17-20H2,1-6H3. The summed E-state index contributed by atoms with van der Waals surface area (Å²) in [6.45, 7) is 13.4. The minimum absolute atomic E-state index is 0.0804. The van der Waals surface area contributed by atoms with E-state index in [1.54, 1.807) is 0 Å². The molecular formula is C26H38O. The second kappa shape index (κ2) is 9.55. The maximum Gasteiger partial charge on any atom is 0.0662 e. The van der Waals surface area contributed by atoms with E-state index >= 15 is 0 Å². The molecule has 1 nitrogen and oxygen atoms in total. The fourth-order valence-corrected chi connectivity index (χ4v) is 3.52. The molecule has 0 spiro atoms. The molecule has 2 aromatic carbocycles. The first-order valence-corrected chi connectivity index (χ1v) is 10.6. The Morgan fingerprint density at radius 2 is 0.963 bits per heavy atom. The number of aryl methyl sites for hydroxylation is 4. The quantitative estimate of drug-likeness (QED) is 0.431. The number of hydrogen-bond acceptors (Lipinski definition) is 1. The van der Waals surface area contributed by atoms with Gasteiger partial charge in [0.1, 0.15) is 0 Å². The minimum atomic E-state index is -0.0804. The molecule has 0 aliphatic heterocycles. The first-order valence-electron chi connectivity index (χ1n) is 10.6. The van der Waals surface area contributed by atoms with E-state index in [0.717, 1.165) is 38.5 Å². The SMILES string of the molecule is CCC(C)(CCc1ccc(C)cc1)OC(C)(CC)CCc1ccc(C)cc1. The van der Waals surface area contributed by atoms with Crippen LogP contribution in [0.4, 0.5) is 0 Å². The first-order chi connectivity index (χ1) is 12.8. The molecule has 2 aromatic rings. The zero-order chi connectivity index (χ0) is 19.9. The Hall–Kier alpha value is -1.60. The van der Waals surface area contributed by atoms with Gasteiger partial charge in [-0.15, -0.1) is 0 Å². The van der Waals surface area contributed by atoms with E-state index in [0.29, 0.717) is 0 Å². The van der Waals surface area contributed by atoms with Crippen molar-refractivity contribution in [3.63, 3.8) is 0 Å². The molecule has 2 rings (SSSR count). The van der Waals surface area contributed by atoms with E-state index in [1.165, 1.54) is 22.3 Å². The molecule has 2 atom stereocenters. The van der Waals surface area contributed by atoms with Gasteiger partial charge >= 0.3 is 0 Å². The molecule has 148 valence electrons. The van der Waals surface area contributed by atoms with Crippen LogP contribution >= 0.6 is 0 Å². The van der Waals surface area contributed by atoms with Gasteiger partial charge in [-0.2, -0.15) is 0 Å². The van der Waals surface area contributed by atoms with Crippen molar-refractivity contribution in [2.24, 2.45) is 0 Å². The van der Waals surface area contributed by atoms with E-state index in [9.17, 15) is 0 Å². The second-order valence-corrected chi connectivity index (χ2v) is 8.68. The summed E-state index contributed by atoms with van der Waals surface area (Å²) >= 11 is 0. The Kier molecular flexibility index (Phi) is 7.68. The Morgan fingerprint density at radius 3 is 1.26 bits per heavy atom. The highest BCUT2D eigenvalue weighted by Crippen LogP contribution is 2.33. The molecule has 27 heavy (non-hydrogen) atoms. The summed E-state index contributed by atoms with van der Waals surface area (Å²) in [5.41, 5.74) is 5.29. The molecule has 0 aromatic heterocycles. The Morgan fingerprint density at radius 1 is 0.630 bits per heavy atom. The molecule has 0 bridgehead atoms. The normalized spacial score (nSPS) is 15.9. The predicted molar refractivity (Wildman–Crippen MR) is 117 cm³/mol. The fraction of sp³-hybridized carbons (Fsp3) is 0.538. The van der Waals surface area contributed by atoms with Crippen molar-refractivity contribution in [2.75, 3.05) is 0 Å². The van der Waals surface area contributed by atoms with E-state index in [1.807, 2.05) is 0 Å². The van der Waals surface area contributed by atoms with Crippen molar-refractivity contribution >= 4 is 0 Å². The molecule has 0 N–H and O–H groups in total. The lowest BCUT2D eigenvalue weighted by molar-refractivity contribution is -0.150. The molecule has 2 unspecified atom stereocenters. The summed E-state index contributed by atoms with van der Waals surface area (Å²) in [6, 6.07) is 17.8. The summed E-state index contributed by atoms with van der Waals surface area (Å²) in [4.78, 5) is 0. The van der Waals surface area contributed by atoms with Gasteiger partial charge in [0.05, 0.1) is 11.2 Å². The van der Waals surface area contributed by atoms with Gasteiger partial charge in [-0.3, -0.25) is 0 Å². The topological polar surface area (TPSA) is 9.23 Å². The van der Waals surface area contributed by atoms with Crippen LogP contribution in [-0.2, 0) is 17.6 Å². The van der Waals surface area contributed by atoms with Crippen LogP contribution in [0.2, 0.25) is 0 Å². The van der Waals surface area contributed by atoms with Crippen molar-refractivity contribution in [1.29, 1.82) is 0 Å². The lowest BCUT2D eigenvalue weighted by Gasteiger charge is -2.40. The van der Waals surface area contributed by atoms with Gasteiger partial charge in [-0.25, -0.2) is 0 Å². The van der Waals surface area contributed by atoms with Gasteiger partial charge in [0.2, 0.25) is 0 Å². The van der Waals surface area contributed by atoms with Crippen LogP contribution in [0.25, 0.3) is 0 Å². The molecule has 0 saturated carbocycles. The molecular weight excluding hydrogens is 328 g/mol. The van der Waals surface area contributed by atoms with Crippen molar-refractivity contribution in [1.82, 2.24) is 0 Å². The zero-order valence-electron chi connectivity index (χ0n) is 18.3. The van der Waals surface area contributed by atoms with Crippen LogP contribution in [-0.4, -0.2) is 11.2 Å². The minimum Gasteiger partial charge on any atom is -0.369 e. The predicted octanol–water partition coefficient (Wildman–Crippen LogP) is 7.22. The summed E-state index contributed by atoms with van der Waals surface area (Å²) in [5.74, 6) is 0. The van der Waals surface area contributed by atoms with Crippen LogP contribution in [0.15, 0.2) is 48.5 Å². The lowest BCUT2D eigenvalue weighted by atomic mass is 9.89. The average Bonchev–Trinajstić information content (AvgIpc) is 2.67. The van der Waals surface area contributed by atoms with Gasteiger partial charge in [-0.05, 0) is 77.3 Å². The molecule has 0 fully saturated rings. The van der Waals surface area contributed by atoms with E-state index < -0.39 is 0 Å². The van der Waals surface area contributed by atoms with Crippen LogP contribution in [0.1, 0.15) is 75.6 Å². The third-order valence-corrected chi connectivity index (χ3v) is 6.11. The van der Waals surface area contributed by atoms with Crippen molar-refractivity contribution in [2.45, 2.75) is 91.3 Å². The second-order valence-electron chi connectivity index (χ2n) is 8.68. The highest BCUT2D eigenvalue weighted by atomic mass is 16.5. The molecule has 1 heteroatoms. The highest BCUT2D eigenvalue weighted by Gasteiger charge is 2.33. The van der Waals surface area contributed by atoms with E-state index in [2.05, 4.69) is 90.1 Å². The summed E-state index contributed by atoms with van der Waals surface area (Å²) < 4.78 is 6.81. The van der Waals surface area contributed by atoms with E-state index in [-0.39, 0.29) is 11.2 Å². The van der Waals surface area contributed by atoms with E-state index in [4.69, 9.17) is 4.74 Å².